The standard InChI is InChI=1S/C39H24ClN3/c40-39-42-37(41-38(43-39)36-18-8-16-34-32(15-7-17-35(34)36)25-9-2-1-3-10-25)30-22-20-27-23-29(21-19-28(27)24-30)33-14-6-12-26-11-4-5-13-31(26)33/h1-24H. The number of benzene rings is 7. The van der Waals surface area contributed by atoms with Crippen LogP contribution in [0.3, 0.4) is 0 Å². The molecule has 202 valence electrons. The minimum Gasteiger partial charge on any atom is -0.208 e. The fourth-order valence-electron chi connectivity index (χ4n) is 6.00. The first-order valence-corrected chi connectivity index (χ1v) is 14.6. The first kappa shape index (κ1) is 25.3. The van der Waals surface area contributed by atoms with Gasteiger partial charge < -0.3 is 0 Å². The van der Waals surface area contributed by atoms with Crippen molar-refractivity contribution in [2.75, 3.05) is 0 Å². The van der Waals surface area contributed by atoms with Crippen molar-refractivity contribution in [2.24, 2.45) is 0 Å². The topological polar surface area (TPSA) is 38.7 Å². The third-order valence-electron chi connectivity index (χ3n) is 8.05. The molecule has 0 N–H and O–H groups in total. The highest BCUT2D eigenvalue weighted by atomic mass is 35.5. The van der Waals surface area contributed by atoms with Crippen LogP contribution in [-0.4, -0.2) is 15.0 Å². The van der Waals surface area contributed by atoms with Crippen molar-refractivity contribution in [1.82, 2.24) is 15.0 Å². The highest BCUT2D eigenvalue weighted by molar-refractivity contribution is 6.28. The van der Waals surface area contributed by atoms with E-state index in [1.54, 1.807) is 0 Å². The van der Waals surface area contributed by atoms with Gasteiger partial charge in [-0.2, -0.15) is 9.97 Å². The molecule has 0 fully saturated rings. The molecule has 7 aromatic carbocycles. The maximum Gasteiger partial charge on any atom is 0.226 e. The van der Waals surface area contributed by atoms with E-state index in [1.165, 1.54) is 27.5 Å². The minimum absolute atomic E-state index is 0.169. The van der Waals surface area contributed by atoms with Gasteiger partial charge in [0.05, 0.1) is 0 Å². The molecule has 0 aliphatic carbocycles. The van der Waals surface area contributed by atoms with Gasteiger partial charge in [0.2, 0.25) is 5.28 Å². The molecule has 0 saturated carbocycles. The highest BCUT2D eigenvalue weighted by Crippen LogP contribution is 2.35. The maximum absolute atomic E-state index is 6.52. The van der Waals surface area contributed by atoms with Gasteiger partial charge in [0.25, 0.3) is 0 Å². The molecule has 0 aliphatic heterocycles. The Morgan fingerprint density at radius 1 is 0.349 bits per heavy atom. The van der Waals surface area contributed by atoms with E-state index in [1.807, 2.05) is 18.2 Å². The van der Waals surface area contributed by atoms with E-state index >= 15 is 0 Å². The Bertz CT molecular complexity index is 2310. The van der Waals surface area contributed by atoms with Crippen LogP contribution in [0, 0.1) is 0 Å². The van der Waals surface area contributed by atoms with Crippen LogP contribution >= 0.6 is 11.6 Å². The van der Waals surface area contributed by atoms with Crippen molar-refractivity contribution < 1.29 is 0 Å². The van der Waals surface area contributed by atoms with Crippen LogP contribution in [0.4, 0.5) is 0 Å². The van der Waals surface area contributed by atoms with Crippen molar-refractivity contribution >= 4 is 43.9 Å². The molecule has 0 saturated heterocycles. The zero-order chi connectivity index (χ0) is 28.8. The summed E-state index contributed by atoms with van der Waals surface area (Å²) in [5.41, 5.74) is 6.55. The quantitative estimate of drug-likeness (QED) is 0.211. The summed E-state index contributed by atoms with van der Waals surface area (Å²) in [6.07, 6.45) is 0. The number of halogens is 1. The number of aromatic nitrogens is 3. The Morgan fingerprint density at radius 2 is 0.907 bits per heavy atom. The molecule has 0 unspecified atom stereocenters. The highest BCUT2D eigenvalue weighted by Gasteiger charge is 2.14. The van der Waals surface area contributed by atoms with Crippen LogP contribution in [-0.2, 0) is 0 Å². The van der Waals surface area contributed by atoms with Crippen LogP contribution in [0.1, 0.15) is 0 Å². The molecule has 3 nitrogen and oxygen atoms in total. The van der Waals surface area contributed by atoms with E-state index in [4.69, 9.17) is 16.6 Å². The van der Waals surface area contributed by atoms with Crippen LogP contribution in [0.5, 0.6) is 0 Å². The summed E-state index contributed by atoms with van der Waals surface area (Å²) >= 11 is 6.52. The molecule has 0 bridgehead atoms. The molecule has 0 radical (unpaired) electrons. The monoisotopic (exact) mass is 569 g/mol. The van der Waals surface area contributed by atoms with Crippen LogP contribution in [0.25, 0.3) is 77.3 Å². The zero-order valence-corrected chi connectivity index (χ0v) is 23.8. The summed E-state index contributed by atoms with van der Waals surface area (Å²) in [6.45, 7) is 0. The molecule has 1 heterocycles. The summed E-state index contributed by atoms with van der Waals surface area (Å²) in [5, 5.41) is 7.11. The first-order chi connectivity index (χ1) is 21.2. The van der Waals surface area contributed by atoms with Gasteiger partial charge >= 0.3 is 0 Å². The Morgan fingerprint density at radius 3 is 1.72 bits per heavy atom. The average Bonchev–Trinajstić information content (AvgIpc) is 3.07. The number of hydrogen-bond acceptors (Lipinski definition) is 3. The van der Waals surface area contributed by atoms with Gasteiger partial charge in [-0.1, -0.05) is 133 Å². The SMILES string of the molecule is Clc1nc(-c2ccc3cc(-c4cccc5ccccc45)ccc3c2)nc(-c2cccc3c(-c4ccccc4)cccc23)n1. The van der Waals surface area contributed by atoms with Gasteiger partial charge in [0, 0.05) is 11.1 Å². The molecule has 0 amide bonds. The minimum atomic E-state index is 0.169. The number of hydrogen-bond donors (Lipinski definition) is 0. The molecule has 0 aliphatic rings. The smallest absolute Gasteiger partial charge is 0.208 e. The van der Waals surface area contributed by atoms with Crippen molar-refractivity contribution in [2.45, 2.75) is 0 Å². The van der Waals surface area contributed by atoms with E-state index in [0.29, 0.717) is 11.6 Å². The van der Waals surface area contributed by atoms with Crippen molar-refractivity contribution in [3.8, 4) is 45.0 Å². The van der Waals surface area contributed by atoms with Gasteiger partial charge in [-0.25, -0.2) is 4.98 Å². The summed E-state index contributed by atoms with van der Waals surface area (Å²) in [4.78, 5) is 14.0. The molecule has 0 spiro atoms. The largest absolute Gasteiger partial charge is 0.226 e. The lowest BCUT2D eigenvalue weighted by Gasteiger charge is -2.12. The Kier molecular flexibility index (Phi) is 6.17. The predicted octanol–water partition coefficient (Wildman–Crippen LogP) is 10.7. The van der Waals surface area contributed by atoms with Gasteiger partial charge in [-0.15, -0.1) is 0 Å². The average molecular weight is 570 g/mol. The molecule has 4 heteroatoms. The Hall–Kier alpha value is -5.38. The van der Waals surface area contributed by atoms with E-state index in [2.05, 4.69) is 137 Å². The second-order valence-corrected chi connectivity index (χ2v) is 11.0. The van der Waals surface area contributed by atoms with Crippen molar-refractivity contribution in [3.05, 3.63) is 151 Å². The number of fused-ring (bicyclic) bond motifs is 3. The Balaban J connectivity index is 1.20. The number of nitrogens with zero attached hydrogens (tertiary/aromatic N) is 3. The predicted molar refractivity (Wildman–Crippen MR) is 179 cm³/mol. The zero-order valence-electron chi connectivity index (χ0n) is 23.1. The summed E-state index contributed by atoms with van der Waals surface area (Å²) in [7, 11) is 0. The second kappa shape index (κ2) is 10.5. The normalized spacial score (nSPS) is 11.4. The third-order valence-corrected chi connectivity index (χ3v) is 8.22. The van der Waals surface area contributed by atoms with Gasteiger partial charge in [-0.05, 0) is 78.3 Å². The van der Waals surface area contributed by atoms with E-state index in [-0.39, 0.29) is 5.28 Å². The molecular weight excluding hydrogens is 546 g/mol. The van der Waals surface area contributed by atoms with Crippen molar-refractivity contribution in [3.63, 3.8) is 0 Å². The van der Waals surface area contributed by atoms with Gasteiger partial charge in [-0.3, -0.25) is 0 Å². The number of rotatable bonds is 4. The van der Waals surface area contributed by atoms with Crippen molar-refractivity contribution in [1.29, 1.82) is 0 Å². The van der Waals surface area contributed by atoms with Gasteiger partial charge in [0.1, 0.15) is 0 Å². The van der Waals surface area contributed by atoms with Gasteiger partial charge in [0.15, 0.2) is 11.6 Å². The van der Waals surface area contributed by atoms with E-state index in [9.17, 15) is 0 Å². The van der Waals surface area contributed by atoms with Crippen LogP contribution in [0.2, 0.25) is 5.28 Å². The first-order valence-electron chi connectivity index (χ1n) is 14.2. The van der Waals surface area contributed by atoms with E-state index in [0.717, 1.165) is 38.2 Å². The summed E-state index contributed by atoms with van der Waals surface area (Å²) in [6, 6.07) is 50.8. The lowest BCUT2D eigenvalue weighted by Crippen LogP contribution is -1.98. The molecule has 8 aromatic rings. The van der Waals surface area contributed by atoms with Crippen LogP contribution in [0.15, 0.2) is 146 Å². The summed E-state index contributed by atoms with van der Waals surface area (Å²) < 4.78 is 0. The van der Waals surface area contributed by atoms with E-state index < -0.39 is 0 Å². The molecule has 0 atom stereocenters. The molecule has 43 heavy (non-hydrogen) atoms. The summed E-state index contributed by atoms with van der Waals surface area (Å²) in [5.74, 6) is 1.10. The second-order valence-electron chi connectivity index (χ2n) is 10.6. The lowest BCUT2D eigenvalue weighted by molar-refractivity contribution is 1.07. The van der Waals surface area contributed by atoms with Crippen LogP contribution < -0.4 is 0 Å². The third kappa shape index (κ3) is 4.61. The fourth-order valence-corrected chi connectivity index (χ4v) is 6.16. The molecular formula is C39H24ClN3. The lowest BCUT2D eigenvalue weighted by atomic mass is 9.95. The fraction of sp³-hybridized carbons (Fsp3) is 0. The Labute approximate surface area is 254 Å². The molecule has 1 aromatic heterocycles. The molecule has 8 rings (SSSR count). The maximum atomic E-state index is 6.52.